The van der Waals surface area contributed by atoms with E-state index in [2.05, 4.69) is 0 Å². The van der Waals surface area contributed by atoms with E-state index in [9.17, 15) is 9.59 Å². The lowest BCUT2D eigenvalue weighted by Gasteiger charge is -2.14. The fraction of sp³-hybridized carbons (Fsp3) is 0.364. The van der Waals surface area contributed by atoms with Crippen LogP contribution in [-0.4, -0.2) is 31.1 Å². The summed E-state index contributed by atoms with van der Waals surface area (Å²) in [5, 5.41) is 0. The third-order valence-corrected chi connectivity index (χ3v) is 5.02. The molecule has 1 aliphatic heterocycles. The highest BCUT2D eigenvalue weighted by atomic mass is 16.5. The first-order valence-electron chi connectivity index (χ1n) is 9.38. The summed E-state index contributed by atoms with van der Waals surface area (Å²) in [6.07, 6.45) is 3.14. The van der Waals surface area contributed by atoms with E-state index in [1.54, 1.807) is 25.1 Å². The van der Waals surface area contributed by atoms with Crippen LogP contribution < -0.4 is 9.47 Å². The van der Waals surface area contributed by atoms with Crippen molar-refractivity contribution in [3.05, 3.63) is 58.7 Å². The number of fused-ring (bicyclic) bond motifs is 2. The van der Waals surface area contributed by atoms with Crippen LogP contribution in [-0.2, 0) is 17.6 Å². The average molecular weight is 366 g/mol. The summed E-state index contributed by atoms with van der Waals surface area (Å²) in [7, 11) is 0. The number of benzene rings is 2. The van der Waals surface area contributed by atoms with Crippen LogP contribution in [0.4, 0.5) is 0 Å². The van der Waals surface area contributed by atoms with E-state index in [0.29, 0.717) is 35.8 Å². The number of ketones is 1. The average Bonchev–Trinajstić information content (AvgIpc) is 3.02. The Kier molecular flexibility index (Phi) is 4.84. The molecule has 1 heterocycles. The molecule has 0 radical (unpaired) electrons. The molecule has 2 aromatic rings. The zero-order chi connectivity index (χ0) is 18.8. The van der Waals surface area contributed by atoms with Crippen LogP contribution >= 0.6 is 0 Å². The monoisotopic (exact) mass is 366 g/mol. The van der Waals surface area contributed by atoms with Gasteiger partial charge >= 0.3 is 5.97 Å². The summed E-state index contributed by atoms with van der Waals surface area (Å²) < 4.78 is 16.6. The summed E-state index contributed by atoms with van der Waals surface area (Å²) in [6.45, 7) is 2.73. The number of hydrogen-bond acceptors (Lipinski definition) is 5. The summed E-state index contributed by atoms with van der Waals surface area (Å²) in [5.74, 6) is 0.408. The minimum absolute atomic E-state index is 0.188. The second-order valence-corrected chi connectivity index (χ2v) is 6.96. The van der Waals surface area contributed by atoms with Crippen molar-refractivity contribution in [2.24, 2.45) is 0 Å². The maximum Gasteiger partial charge on any atom is 0.338 e. The Hall–Kier alpha value is -2.82. The molecule has 0 saturated heterocycles. The SMILES string of the molecule is CC(OC(=O)c1ccc2c(c1)OCCCO2)C(=O)c1ccc2c(c1)CCC2. The molecule has 4 rings (SSSR count). The molecular weight excluding hydrogens is 344 g/mol. The minimum Gasteiger partial charge on any atom is -0.490 e. The van der Waals surface area contributed by atoms with Crippen molar-refractivity contribution in [2.45, 2.75) is 38.7 Å². The number of esters is 1. The van der Waals surface area contributed by atoms with Crippen molar-refractivity contribution in [3.63, 3.8) is 0 Å². The number of ether oxygens (including phenoxy) is 3. The molecule has 0 bridgehead atoms. The predicted molar refractivity (Wildman–Crippen MR) is 99.7 cm³/mol. The molecule has 1 atom stereocenters. The second kappa shape index (κ2) is 7.43. The number of Topliss-reactive ketones (excluding diaryl/α,β-unsaturated/α-hetero) is 1. The molecule has 5 heteroatoms. The second-order valence-electron chi connectivity index (χ2n) is 6.96. The first kappa shape index (κ1) is 17.6. The van der Waals surface area contributed by atoms with Crippen molar-refractivity contribution in [1.82, 2.24) is 0 Å². The Balaban J connectivity index is 1.46. The third-order valence-electron chi connectivity index (χ3n) is 5.02. The Morgan fingerprint density at radius 3 is 2.48 bits per heavy atom. The van der Waals surface area contributed by atoms with Gasteiger partial charge in [0.15, 0.2) is 17.6 Å². The van der Waals surface area contributed by atoms with Gasteiger partial charge in [-0.1, -0.05) is 12.1 Å². The highest BCUT2D eigenvalue weighted by Crippen LogP contribution is 2.31. The van der Waals surface area contributed by atoms with Gasteiger partial charge in [0, 0.05) is 12.0 Å². The number of aryl methyl sites for hydroxylation is 2. The largest absolute Gasteiger partial charge is 0.490 e. The van der Waals surface area contributed by atoms with Gasteiger partial charge in [0.2, 0.25) is 5.78 Å². The van der Waals surface area contributed by atoms with E-state index >= 15 is 0 Å². The van der Waals surface area contributed by atoms with Crippen LogP contribution in [0.2, 0.25) is 0 Å². The van der Waals surface area contributed by atoms with Gasteiger partial charge in [0.25, 0.3) is 0 Å². The lowest BCUT2D eigenvalue weighted by molar-refractivity contribution is 0.0318. The van der Waals surface area contributed by atoms with Gasteiger partial charge in [0.1, 0.15) is 0 Å². The predicted octanol–water partition coefficient (Wildman–Crippen LogP) is 3.76. The molecule has 0 amide bonds. The van der Waals surface area contributed by atoms with E-state index in [1.807, 2.05) is 18.2 Å². The van der Waals surface area contributed by atoms with Crippen molar-refractivity contribution >= 4 is 11.8 Å². The Labute approximate surface area is 158 Å². The first-order chi connectivity index (χ1) is 13.1. The van der Waals surface area contributed by atoms with Crippen LogP contribution in [0.1, 0.15) is 51.6 Å². The van der Waals surface area contributed by atoms with Crippen LogP contribution in [0, 0.1) is 0 Å². The minimum atomic E-state index is -0.854. The number of carbonyl (C=O) groups is 2. The highest BCUT2D eigenvalue weighted by Gasteiger charge is 2.23. The summed E-state index contributed by atoms with van der Waals surface area (Å²) >= 11 is 0. The molecule has 2 aliphatic rings. The van der Waals surface area contributed by atoms with Crippen LogP contribution in [0.25, 0.3) is 0 Å². The van der Waals surface area contributed by atoms with Gasteiger partial charge in [-0.2, -0.15) is 0 Å². The van der Waals surface area contributed by atoms with Gasteiger partial charge in [-0.05, 0) is 61.6 Å². The van der Waals surface area contributed by atoms with Crippen molar-refractivity contribution in [2.75, 3.05) is 13.2 Å². The Morgan fingerprint density at radius 1 is 0.889 bits per heavy atom. The zero-order valence-corrected chi connectivity index (χ0v) is 15.3. The fourth-order valence-corrected chi connectivity index (χ4v) is 3.53. The van der Waals surface area contributed by atoms with Gasteiger partial charge in [0.05, 0.1) is 18.8 Å². The fourth-order valence-electron chi connectivity index (χ4n) is 3.53. The molecule has 140 valence electrons. The lowest BCUT2D eigenvalue weighted by atomic mass is 10.0. The molecule has 0 spiro atoms. The molecular formula is C22H22O5. The van der Waals surface area contributed by atoms with E-state index in [0.717, 1.165) is 25.7 Å². The Morgan fingerprint density at radius 2 is 1.63 bits per heavy atom. The topological polar surface area (TPSA) is 61.8 Å². The van der Waals surface area contributed by atoms with Crippen LogP contribution in [0.3, 0.4) is 0 Å². The normalized spacial score (nSPS) is 16.2. The van der Waals surface area contributed by atoms with Crippen molar-refractivity contribution in [1.29, 1.82) is 0 Å². The zero-order valence-electron chi connectivity index (χ0n) is 15.3. The maximum atomic E-state index is 12.7. The van der Waals surface area contributed by atoms with Crippen molar-refractivity contribution < 1.29 is 23.8 Å². The summed E-state index contributed by atoms with van der Waals surface area (Å²) in [5.41, 5.74) is 3.47. The van der Waals surface area contributed by atoms with E-state index in [1.165, 1.54) is 11.1 Å². The maximum absolute atomic E-state index is 12.7. The number of rotatable bonds is 4. The van der Waals surface area contributed by atoms with Gasteiger partial charge in [-0.15, -0.1) is 0 Å². The van der Waals surface area contributed by atoms with Crippen LogP contribution in [0.5, 0.6) is 11.5 Å². The molecule has 1 aliphatic carbocycles. The molecule has 1 unspecified atom stereocenters. The quantitative estimate of drug-likeness (QED) is 0.609. The van der Waals surface area contributed by atoms with E-state index in [-0.39, 0.29) is 5.78 Å². The summed E-state index contributed by atoms with van der Waals surface area (Å²) in [6, 6.07) is 10.7. The van der Waals surface area contributed by atoms with Gasteiger partial charge in [-0.25, -0.2) is 4.79 Å². The van der Waals surface area contributed by atoms with Crippen molar-refractivity contribution in [3.8, 4) is 11.5 Å². The molecule has 0 aromatic heterocycles. The molecule has 0 N–H and O–H groups in total. The smallest absolute Gasteiger partial charge is 0.338 e. The molecule has 0 fully saturated rings. The standard InChI is InChI=1S/C22H22O5/c1-14(21(23)17-7-6-15-4-2-5-16(15)12-17)27-22(24)18-8-9-19-20(13-18)26-11-3-10-25-19/h6-9,12-14H,2-5,10-11H2,1H3. The van der Waals surface area contributed by atoms with Gasteiger partial charge in [-0.3, -0.25) is 4.79 Å². The van der Waals surface area contributed by atoms with Crippen LogP contribution in [0.15, 0.2) is 36.4 Å². The molecule has 0 saturated carbocycles. The lowest BCUT2D eigenvalue weighted by Crippen LogP contribution is -2.24. The molecule has 5 nitrogen and oxygen atoms in total. The van der Waals surface area contributed by atoms with Gasteiger partial charge < -0.3 is 14.2 Å². The third kappa shape index (κ3) is 3.68. The highest BCUT2D eigenvalue weighted by molar-refractivity contribution is 6.01. The number of hydrogen-bond donors (Lipinski definition) is 0. The first-order valence-corrected chi connectivity index (χ1v) is 9.38. The van der Waals surface area contributed by atoms with E-state index in [4.69, 9.17) is 14.2 Å². The number of carbonyl (C=O) groups excluding carboxylic acids is 2. The Bertz CT molecular complexity index is 886. The summed E-state index contributed by atoms with van der Waals surface area (Å²) in [4.78, 5) is 25.1. The van der Waals surface area contributed by atoms with E-state index < -0.39 is 12.1 Å². The molecule has 27 heavy (non-hydrogen) atoms. The molecule has 2 aromatic carbocycles.